The molecule has 0 atom stereocenters. The molecule has 0 saturated heterocycles. The van der Waals surface area contributed by atoms with E-state index >= 15 is 0 Å². The first-order valence-corrected chi connectivity index (χ1v) is 4.12. The zero-order chi connectivity index (χ0) is 7.98. The third kappa shape index (κ3) is 5.87. The van der Waals surface area contributed by atoms with Crippen molar-refractivity contribution in [2.75, 3.05) is 0 Å². The van der Waals surface area contributed by atoms with E-state index in [2.05, 4.69) is 27.4 Å². The third-order valence-electron chi connectivity index (χ3n) is 1.67. The van der Waals surface area contributed by atoms with Crippen LogP contribution in [-0.4, -0.2) is 0 Å². The lowest BCUT2D eigenvalue weighted by molar-refractivity contribution is 0.553. The molecule has 0 nitrogen and oxygen atoms in total. The monoisotopic (exact) mass is 139 g/mol. The molecule has 0 amide bonds. The Kier molecular flexibility index (Phi) is 5.38. The summed E-state index contributed by atoms with van der Waals surface area (Å²) in [7, 11) is 0. The van der Waals surface area contributed by atoms with Crippen LogP contribution in [0.1, 0.15) is 39.5 Å². The smallest absolute Gasteiger partial charge is 0.0323 e. The van der Waals surface area contributed by atoms with Crippen LogP contribution >= 0.6 is 0 Å². The summed E-state index contributed by atoms with van der Waals surface area (Å²) >= 11 is 0. The van der Waals surface area contributed by atoms with Crippen molar-refractivity contribution in [3.63, 3.8) is 0 Å². The van der Waals surface area contributed by atoms with Gasteiger partial charge in [-0.15, -0.1) is 0 Å². The standard InChI is InChI=1S/C10H19/c1-5-10(4)8-6-7-9(2)3/h9H,1,4-8H2,2-3H3. The summed E-state index contributed by atoms with van der Waals surface area (Å²) in [6, 6.07) is 0. The van der Waals surface area contributed by atoms with Crippen molar-refractivity contribution < 1.29 is 0 Å². The van der Waals surface area contributed by atoms with Crippen molar-refractivity contribution in [2.45, 2.75) is 39.5 Å². The zero-order valence-corrected chi connectivity index (χ0v) is 7.32. The van der Waals surface area contributed by atoms with Crippen LogP contribution in [0.25, 0.3) is 0 Å². The van der Waals surface area contributed by atoms with E-state index < -0.39 is 0 Å². The molecule has 0 spiro atoms. The molecule has 0 unspecified atom stereocenters. The van der Waals surface area contributed by atoms with Crippen LogP contribution in [0.5, 0.6) is 0 Å². The van der Waals surface area contributed by atoms with Crippen LogP contribution in [0, 0.1) is 12.8 Å². The lowest BCUT2D eigenvalue weighted by Crippen LogP contribution is -1.87. The number of hydrogen-bond acceptors (Lipinski definition) is 0. The van der Waals surface area contributed by atoms with E-state index in [0.29, 0.717) is 0 Å². The Labute approximate surface area is 65.3 Å². The SMILES string of the molecule is [CH2]CC(=C)CCCC(C)C. The van der Waals surface area contributed by atoms with Gasteiger partial charge in [0.2, 0.25) is 0 Å². The van der Waals surface area contributed by atoms with Crippen molar-refractivity contribution in [3.8, 4) is 0 Å². The Morgan fingerprint density at radius 3 is 2.40 bits per heavy atom. The van der Waals surface area contributed by atoms with Crippen molar-refractivity contribution >= 4 is 0 Å². The van der Waals surface area contributed by atoms with Crippen LogP contribution in [-0.2, 0) is 0 Å². The Morgan fingerprint density at radius 2 is 2.00 bits per heavy atom. The number of hydrogen-bond donors (Lipinski definition) is 0. The summed E-state index contributed by atoms with van der Waals surface area (Å²) in [5.41, 5.74) is 1.29. The van der Waals surface area contributed by atoms with Gasteiger partial charge in [0.25, 0.3) is 0 Å². The third-order valence-corrected chi connectivity index (χ3v) is 1.67. The Morgan fingerprint density at radius 1 is 1.40 bits per heavy atom. The lowest BCUT2D eigenvalue weighted by Gasteiger charge is -2.04. The predicted octanol–water partition coefficient (Wildman–Crippen LogP) is 3.59. The minimum atomic E-state index is 0.831. The molecule has 59 valence electrons. The van der Waals surface area contributed by atoms with Gasteiger partial charge < -0.3 is 0 Å². The summed E-state index contributed by atoms with van der Waals surface area (Å²) in [5, 5.41) is 0. The summed E-state index contributed by atoms with van der Waals surface area (Å²) in [6.45, 7) is 12.2. The summed E-state index contributed by atoms with van der Waals surface area (Å²) < 4.78 is 0. The van der Waals surface area contributed by atoms with Gasteiger partial charge in [0, 0.05) is 0 Å². The van der Waals surface area contributed by atoms with E-state index in [1.807, 2.05) is 0 Å². The highest BCUT2D eigenvalue weighted by Gasteiger charge is 1.94. The quantitative estimate of drug-likeness (QED) is 0.510. The van der Waals surface area contributed by atoms with Crippen LogP contribution in [0.15, 0.2) is 12.2 Å². The fraction of sp³-hybridized carbons (Fsp3) is 0.700. The van der Waals surface area contributed by atoms with Gasteiger partial charge in [0.15, 0.2) is 0 Å². The van der Waals surface area contributed by atoms with Gasteiger partial charge >= 0.3 is 0 Å². The zero-order valence-electron chi connectivity index (χ0n) is 7.32. The molecule has 0 saturated carbocycles. The predicted molar refractivity (Wildman–Crippen MR) is 47.8 cm³/mol. The fourth-order valence-corrected chi connectivity index (χ4v) is 0.885. The maximum Gasteiger partial charge on any atom is -0.0323 e. The van der Waals surface area contributed by atoms with Crippen LogP contribution < -0.4 is 0 Å². The highest BCUT2D eigenvalue weighted by atomic mass is 14.0. The van der Waals surface area contributed by atoms with Crippen LogP contribution in [0.2, 0.25) is 0 Å². The summed E-state index contributed by atoms with van der Waals surface area (Å²) in [4.78, 5) is 0. The van der Waals surface area contributed by atoms with Crippen LogP contribution in [0.4, 0.5) is 0 Å². The molecule has 1 radical (unpaired) electrons. The largest absolute Gasteiger partial charge is 0.0999 e. The maximum atomic E-state index is 3.91. The van der Waals surface area contributed by atoms with E-state index in [4.69, 9.17) is 0 Å². The topological polar surface area (TPSA) is 0 Å². The first-order chi connectivity index (χ1) is 4.66. The maximum absolute atomic E-state index is 3.91. The first kappa shape index (κ1) is 9.74. The molecule has 0 aromatic carbocycles. The molecular weight excluding hydrogens is 120 g/mol. The molecule has 0 aromatic heterocycles. The highest BCUT2D eigenvalue weighted by Crippen LogP contribution is 2.12. The van der Waals surface area contributed by atoms with Crippen molar-refractivity contribution in [1.29, 1.82) is 0 Å². The lowest BCUT2D eigenvalue weighted by atomic mass is 10.0. The van der Waals surface area contributed by atoms with E-state index in [1.54, 1.807) is 0 Å². The van der Waals surface area contributed by atoms with E-state index in [9.17, 15) is 0 Å². The van der Waals surface area contributed by atoms with E-state index in [1.165, 1.54) is 24.8 Å². The fourth-order valence-electron chi connectivity index (χ4n) is 0.885. The van der Waals surface area contributed by atoms with Gasteiger partial charge in [-0.3, -0.25) is 0 Å². The summed E-state index contributed by atoms with van der Waals surface area (Å²) in [6.07, 6.45) is 4.67. The molecule has 0 heteroatoms. The molecule has 0 bridgehead atoms. The molecule has 0 aromatic rings. The van der Waals surface area contributed by atoms with Gasteiger partial charge in [-0.2, -0.15) is 0 Å². The van der Waals surface area contributed by atoms with E-state index in [0.717, 1.165) is 12.3 Å². The minimum absolute atomic E-state index is 0.831. The van der Waals surface area contributed by atoms with Gasteiger partial charge in [-0.05, 0) is 32.1 Å². The normalized spacial score (nSPS) is 10.4. The minimum Gasteiger partial charge on any atom is -0.0999 e. The molecule has 10 heavy (non-hydrogen) atoms. The first-order valence-electron chi connectivity index (χ1n) is 4.12. The van der Waals surface area contributed by atoms with Crippen molar-refractivity contribution in [3.05, 3.63) is 19.1 Å². The molecule has 0 aliphatic rings. The number of rotatable bonds is 5. The molecule has 0 aliphatic heterocycles. The second kappa shape index (κ2) is 5.52. The highest BCUT2D eigenvalue weighted by molar-refractivity contribution is 4.94. The summed E-state index contributed by atoms with van der Waals surface area (Å²) in [5.74, 6) is 0.831. The van der Waals surface area contributed by atoms with Gasteiger partial charge in [-0.25, -0.2) is 0 Å². The molecule has 0 fully saturated rings. The van der Waals surface area contributed by atoms with Gasteiger partial charge in [0.1, 0.15) is 0 Å². The molecule has 0 heterocycles. The Bertz CT molecular complexity index is 90.2. The van der Waals surface area contributed by atoms with E-state index in [-0.39, 0.29) is 0 Å². The average molecular weight is 139 g/mol. The van der Waals surface area contributed by atoms with Gasteiger partial charge in [0.05, 0.1) is 0 Å². The molecule has 0 aliphatic carbocycles. The molecule has 0 rings (SSSR count). The molecular formula is C10H19. The molecule has 0 N–H and O–H groups in total. The van der Waals surface area contributed by atoms with Crippen molar-refractivity contribution in [2.24, 2.45) is 5.92 Å². The average Bonchev–Trinajstić information content (AvgIpc) is 1.87. The van der Waals surface area contributed by atoms with Gasteiger partial charge in [-0.1, -0.05) is 32.4 Å². The van der Waals surface area contributed by atoms with Crippen molar-refractivity contribution in [1.82, 2.24) is 0 Å². The second-order valence-electron chi connectivity index (χ2n) is 3.29. The Balaban J connectivity index is 3.12. The number of allylic oxidation sites excluding steroid dienone is 1. The Hall–Kier alpha value is -0.260. The van der Waals surface area contributed by atoms with Crippen LogP contribution in [0.3, 0.4) is 0 Å². The second-order valence-corrected chi connectivity index (χ2v) is 3.29.